The lowest BCUT2D eigenvalue weighted by atomic mass is 9.98. The van der Waals surface area contributed by atoms with E-state index in [0.29, 0.717) is 19.8 Å². The van der Waals surface area contributed by atoms with E-state index in [1.165, 1.54) is 5.56 Å². The van der Waals surface area contributed by atoms with Crippen LogP contribution in [0.2, 0.25) is 0 Å². The summed E-state index contributed by atoms with van der Waals surface area (Å²) in [5, 5.41) is 0. The maximum atomic E-state index is 5.91. The van der Waals surface area contributed by atoms with E-state index in [0.717, 1.165) is 24.2 Å². The smallest absolute Gasteiger partial charge is 0.198 e. The molecule has 1 aliphatic rings. The minimum atomic E-state index is -0.606. The molecule has 3 heteroatoms. The minimum absolute atomic E-state index is 0.606. The fourth-order valence-corrected chi connectivity index (χ4v) is 2.44. The number of hydrogen-bond acceptors (Lipinski definition) is 3. The summed E-state index contributed by atoms with van der Waals surface area (Å²) in [6.07, 6.45) is 1.87. The molecule has 0 aromatic heterocycles. The molecular weight excluding hydrogens is 228 g/mol. The van der Waals surface area contributed by atoms with Gasteiger partial charge in [0.05, 0.1) is 25.4 Å². The van der Waals surface area contributed by atoms with Crippen LogP contribution in [0.3, 0.4) is 0 Å². The number of aryl methyl sites for hydroxylation is 1. The number of rotatable bonds is 5. The molecule has 0 spiro atoms. The lowest BCUT2D eigenvalue weighted by Gasteiger charge is -2.29. The SMILES string of the molecule is CCCC1(c2cc(C)ccc2OCC)OCCO1. The minimum Gasteiger partial charge on any atom is -0.493 e. The summed E-state index contributed by atoms with van der Waals surface area (Å²) < 4.78 is 17.5. The molecule has 2 rings (SSSR count). The summed E-state index contributed by atoms with van der Waals surface area (Å²) in [5.74, 6) is 0.268. The Balaban J connectivity index is 2.42. The molecule has 1 aliphatic heterocycles. The fraction of sp³-hybridized carbons (Fsp3) is 0.600. The van der Waals surface area contributed by atoms with Crippen LogP contribution < -0.4 is 4.74 Å². The van der Waals surface area contributed by atoms with Crippen LogP contribution in [-0.4, -0.2) is 19.8 Å². The first-order chi connectivity index (χ1) is 8.72. The average Bonchev–Trinajstić information content (AvgIpc) is 2.82. The third kappa shape index (κ3) is 2.52. The largest absolute Gasteiger partial charge is 0.493 e. The molecule has 0 bridgehead atoms. The van der Waals surface area contributed by atoms with E-state index in [1.807, 2.05) is 13.0 Å². The first-order valence-corrected chi connectivity index (χ1v) is 6.73. The van der Waals surface area contributed by atoms with Gasteiger partial charge in [0.15, 0.2) is 5.79 Å². The van der Waals surface area contributed by atoms with Crippen molar-refractivity contribution < 1.29 is 14.2 Å². The van der Waals surface area contributed by atoms with Crippen molar-refractivity contribution in [3.63, 3.8) is 0 Å². The van der Waals surface area contributed by atoms with Crippen molar-refractivity contribution in [2.45, 2.75) is 39.4 Å². The van der Waals surface area contributed by atoms with E-state index < -0.39 is 5.79 Å². The van der Waals surface area contributed by atoms with Crippen LogP contribution in [0.4, 0.5) is 0 Å². The van der Waals surface area contributed by atoms with Crippen molar-refractivity contribution in [2.24, 2.45) is 0 Å². The second kappa shape index (κ2) is 5.72. The third-order valence-electron chi connectivity index (χ3n) is 3.18. The van der Waals surface area contributed by atoms with Gasteiger partial charge in [0.2, 0.25) is 0 Å². The molecule has 18 heavy (non-hydrogen) atoms. The van der Waals surface area contributed by atoms with Gasteiger partial charge in [-0.15, -0.1) is 0 Å². The van der Waals surface area contributed by atoms with E-state index in [4.69, 9.17) is 14.2 Å². The Morgan fingerprint density at radius 1 is 1.22 bits per heavy atom. The zero-order chi connectivity index (χ0) is 13.0. The highest BCUT2D eigenvalue weighted by atomic mass is 16.7. The summed E-state index contributed by atoms with van der Waals surface area (Å²) in [5.41, 5.74) is 2.23. The zero-order valence-electron chi connectivity index (χ0n) is 11.5. The van der Waals surface area contributed by atoms with Gasteiger partial charge >= 0.3 is 0 Å². The fourth-order valence-electron chi connectivity index (χ4n) is 2.44. The topological polar surface area (TPSA) is 27.7 Å². The molecule has 0 N–H and O–H groups in total. The van der Waals surface area contributed by atoms with E-state index in [9.17, 15) is 0 Å². The van der Waals surface area contributed by atoms with Crippen LogP contribution in [0.5, 0.6) is 5.75 Å². The quantitative estimate of drug-likeness (QED) is 0.801. The van der Waals surface area contributed by atoms with Gasteiger partial charge in [-0.05, 0) is 26.0 Å². The van der Waals surface area contributed by atoms with Crippen LogP contribution >= 0.6 is 0 Å². The van der Waals surface area contributed by atoms with Crippen LogP contribution in [0.15, 0.2) is 18.2 Å². The molecule has 0 radical (unpaired) electrons. The van der Waals surface area contributed by atoms with Crippen LogP contribution in [0, 0.1) is 6.92 Å². The lowest BCUT2D eigenvalue weighted by molar-refractivity contribution is -0.172. The van der Waals surface area contributed by atoms with E-state index >= 15 is 0 Å². The Hall–Kier alpha value is -1.06. The Morgan fingerprint density at radius 3 is 2.56 bits per heavy atom. The lowest BCUT2D eigenvalue weighted by Crippen LogP contribution is -2.27. The van der Waals surface area contributed by atoms with Gasteiger partial charge in [-0.3, -0.25) is 0 Å². The molecule has 0 amide bonds. The monoisotopic (exact) mass is 250 g/mol. The van der Waals surface area contributed by atoms with Crippen molar-refractivity contribution in [2.75, 3.05) is 19.8 Å². The first-order valence-electron chi connectivity index (χ1n) is 6.73. The average molecular weight is 250 g/mol. The predicted octanol–water partition coefficient (Wildman–Crippen LogP) is 3.39. The van der Waals surface area contributed by atoms with Crippen molar-refractivity contribution in [3.8, 4) is 5.75 Å². The van der Waals surface area contributed by atoms with Crippen LogP contribution in [0.1, 0.15) is 37.8 Å². The van der Waals surface area contributed by atoms with E-state index in [1.54, 1.807) is 0 Å². The van der Waals surface area contributed by atoms with Gasteiger partial charge in [0.25, 0.3) is 0 Å². The van der Waals surface area contributed by atoms with Crippen molar-refractivity contribution in [1.82, 2.24) is 0 Å². The molecule has 1 fully saturated rings. The Kier molecular flexibility index (Phi) is 4.25. The first kappa shape index (κ1) is 13.4. The van der Waals surface area contributed by atoms with Crippen molar-refractivity contribution in [3.05, 3.63) is 29.3 Å². The van der Waals surface area contributed by atoms with Crippen molar-refractivity contribution >= 4 is 0 Å². The van der Waals surface area contributed by atoms with E-state index in [2.05, 4.69) is 26.0 Å². The number of hydrogen-bond donors (Lipinski definition) is 0. The van der Waals surface area contributed by atoms with Crippen molar-refractivity contribution in [1.29, 1.82) is 0 Å². The number of ether oxygens (including phenoxy) is 3. The van der Waals surface area contributed by atoms with Gasteiger partial charge in [-0.2, -0.15) is 0 Å². The Bertz CT molecular complexity index is 395. The summed E-state index contributed by atoms with van der Waals surface area (Å²) >= 11 is 0. The van der Waals surface area contributed by atoms with E-state index in [-0.39, 0.29) is 0 Å². The highest BCUT2D eigenvalue weighted by Gasteiger charge is 2.40. The summed E-state index contributed by atoms with van der Waals surface area (Å²) in [6.45, 7) is 8.17. The Morgan fingerprint density at radius 2 is 1.94 bits per heavy atom. The van der Waals surface area contributed by atoms with Gasteiger partial charge in [-0.1, -0.05) is 25.0 Å². The maximum Gasteiger partial charge on any atom is 0.198 e. The normalized spacial score (nSPS) is 17.9. The molecular formula is C15H22O3. The van der Waals surface area contributed by atoms with Gasteiger partial charge in [0, 0.05) is 6.42 Å². The molecule has 100 valence electrons. The summed E-state index contributed by atoms with van der Waals surface area (Å²) in [6, 6.07) is 6.19. The van der Waals surface area contributed by atoms with Crippen LogP contribution in [-0.2, 0) is 15.3 Å². The predicted molar refractivity (Wildman–Crippen MR) is 70.8 cm³/mol. The van der Waals surface area contributed by atoms with Gasteiger partial charge < -0.3 is 14.2 Å². The third-order valence-corrected chi connectivity index (χ3v) is 3.18. The molecule has 1 aromatic rings. The molecule has 1 saturated heterocycles. The van der Waals surface area contributed by atoms with Gasteiger partial charge in [-0.25, -0.2) is 0 Å². The molecule has 0 atom stereocenters. The Labute approximate surface area is 109 Å². The zero-order valence-corrected chi connectivity index (χ0v) is 11.5. The summed E-state index contributed by atoms with van der Waals surface area (Å²) in [4.78, 5) is 0. The van der Waals surface area contributed by atoms with Crippen LogP contribution in [0.25, 0.3) is 0 Å². The summed E-state index contributed by atoms with van der Waals surface area (Å²) in [7, 11) is 0. The molecule has 1 aromatic carbocycles. The molecule has 3 nitrogen and oxygen atoms in total. The second-order valence-electron chi connectivity index (χ2n) is 4.63. The molecule has 0 aliphatic carbocycles. The second-order valence-corrected chi connectivity index (χ2v) is 4.63. The number of benzene rings is 1. The maximum absolute atomic E-state index is 5.91. The molecule has 1 heterocycles. The highest BCUT2D eigenvalue weighted by molar-refractivity contribution is 5.40. The standard InChI is InChI=1S/C15H22O3/c1-4-8-15(17-9-10-18-15)13-11-12(3)6-7-14(13)16-5-2/h6-7,11H,4-5,8-10H2,1-3H3. The van der Waals surface area contributed by atoms with Gasteiger partial charge in [0.1, 0.15) is 5.75 Å². The highest BCUT2D eigenvalue weighted by Crippen LogP contribution is 2.41. The molecule has 0 saturated carbocycles. The molecule has 0 unspecified atom stereocenters.